The van der Waals surface area contributed by atoms with Crippen molar-refractivity contribution in [3.8, 4) is 0 Å². The summed E-state index contributed by atoms with van der Waals surface area (Å²) in [6.07, 6.45) is 8.27. The molecule has 0 aromatic carbocycles. The Bertz CT molecular complexity index is 716. The molecule has 3 fully saturated rings. The number of hydrogen-bond donors (Lipinski definition) is 1. The maximum atomic E-state index is 12.7. The molecule has 3 aliphatic rings. The number of nitrogens with zero attached hydrogens (tertiary/aromatic N) is 4. The third kappa shape index (κ3) is 5.30. The first kappa shape index (κ1) is 20.2. The lowest BCUT2D eigenvalue weighted by Crippen LogP contribution is -2.47. The van der Waals surface area contributed by atoms with Gasteiger partial charge in [-0.2, -0.15) is 0 Å². The van der Waals surface area contributed by atoms with Crippen molar-refractivity contribution in [2.24, 2.45) is 5.92 Å². The fourth-order valence-corrected chi connectivity index (χ4v) is 4.30. The molecule has 1 saturated carbocycles. The zero-order valence-corrected chi connectivity index (χ0v) is 17.2. The molecule has 1 aliphatic carbocycles. The van der Waals surface area contributed by atoms with Crippen molar-refractivity contribution in [2.45, 2.75) is 51.1 Å². The molecule has 8 nitrogen and oxygen atoms in total. The normalized spacial score (nSPS) is 25.2. The van der Waals surface area contributed by atoms with E-state index in [2.05, 4.69) is 20.2 Å². The highest BCUT2D eigenvalue weighted by molar-refractivity contribution is 5.91. The number of nitrogens with one attached hydrogen (secondary N) is 1. The zero-order valence-electron chi connectivity index (χ0n) is 17.2. The van der Waals surface area contributed by atoms with Crippen LogP contribution in [0, 0.1) is 12.8 Å². The third-order valence-corrected chi connectivity index (χ3v) is 6.22. The summed E-state index contributed by atoms with van der Waals surface area (Å²) in [6.45, 7) is 6.14. The van der Waals surface area contributed by atoms with Crippen LogP contribution in [0.2, 0.25) is 0 Å². The molecule has 1 aromatic heterocycles. The first-order chi connectivity index (χ1) is 14.1. The van der Waals surface area contributed by atoms with Crippen LogP contribution >= 0.6 is 0 Å². The van der Waals surface area contributed by atoms with Crippen molar-refractivity contribution < 1.29 is 14.3 Å². The fraction of sp³-hybridized carbons (Fsp3) is 0.714. The first-order valence-corrected chi connectivity index (χ1v) is 10.8. The SMILES string of the molecule is Cc1cnc(C(=O)NC[C@@H]2CC[C@H](CC(=O)N3CCOCC3)N2CC2CC2)cn1. The van der Waals surface area contributed by atoms with Gasteiger partial charge in [-0.25, -0.2) is 4.98 Å². The highest BCUT2D eigenvalue weighted by Gasteiger charge is 2.38. The predicted molar refractivity (Wildman–Crippen MR) is 107 cm³/mol. The highest BCUT2D eigenvalue weighted by Crippen LogP contribution is 2.35. The van der Waals surface area contributed by atoms with E-state index in [1.807, 2.05) is 11.8 Å². The number of carbonyl (C=O) groups excluding carboxylic acids is 2. The van der Waals surface area contributed by atoms with Crippen LogP contribution in [0.3, 0.4) is 0 Å². The molecule has 29 heavy (non-hydrogen) atoms. The molecule has 0 radical (unpaired) electrons. The Morgan fingerprint density at radius 2 is 1.86 bits per heavy atom. The average molecular weight is 402 g/mol. The molecule has 0 unspecified atom stereocenters. The number of rotatable bonds is 7. The summed E-state index contributed by atoms with van der Waals surface area (Å²) in [4.78, 5) is 37.9. The van der Waals surface area contributed by atoms with E-state index < -0.39 is 0 Å². The Balaban J connectivity index is 1.33. The number of ether oxygens (including phenoxy) is 1. The lowest BCUT2D eigenvalue weighted by Gasteiger charge is -2.33. The van der Waals surface area contributed by atoms with E-state index in [4.69, 9.17) is 4.74 Å². The Hall–Kier alpha value is -2.06. The summed E-state index contributed by atoms with van der Waals surface area (Å²) in [7, 11) is 0. The van der Waals surface area contributed by atoms with Gasteiger partial charge in [-0.15, -0.1) is 0 Å². The van der Waals surface area contributed by atoms with E-state index >= 15 is 0 Å². The van der Waals surface area contributed by atoms with Gasteiger partial charge >= 0.3 is 0 Å². The van der Waals surface area contributed by atoms with Crippen LogP contribution in [0.5, 0.6) is 0 Å². The summed E-state index contributed by atoms with van der Waals surface area (Å²) in [5, 5.41) is 3.03. The quantitative estimate of drug-likeness (QED) is 0.734. The number of aryl methyl sites for hydroxylation is 1. The van der Waals surface area contributed by atoms with Crippen LogP contribution in [-0.2, 0) is 9.53 Å². The molecule has 2 atom stereocenters. The van der Waals surface area contributed by atoms with Crippen LogP contribution in [0.15, 0.2) is 12.4 Å². The number of amides is 2. The van der Waals surface area contributed by atoms with Gasteiger partial charge in [-0.05, 0) is 38.5 Å². The molecule has 2 aliphatic heterocycles. The molecular formula is C21H31N5O3. The Morgan fingerprint density at radius 3 is 2.55 bits per heavy atom. The van der Waals surface area contributed by atoms with E-state index in [0.717, 1.165) is 31.0 Å². The highest BCUT2D eigenvalue weighted by atomic mass is 16.5. The van der Waals surface area contributed by atoms with E-state index in [1.165, 1.54) is 19.0 Å². The second-order valence-corrected chi connectivity index (χ2v) is 8.48. The molecule has 8 heteroatoms. The molecule has 2 amide bonds. The number of hydrogen-bond acceptors (Lipinski definition) is 6. The van der Waals surface area contributed by atoms with E-state index in [0.29, 0.717) is 45.0 Å². The van der Waals surface area contributed by atoms with Crippen molar-refractivity contribution in [1.29, 1.82) is 0 Å². The van der Waals surface area contributed by atoms with E-state index in [1.54, 1.807) is 6.20 Å². The van der Waals surface area contributed by atoms with Crippen molar-refractivity contribution in [3.05, 3.63) is 23.8 Å². The average Bonchev–Trinajstić information content (AvgIpc) is 3.49. The smallest absolute Gasteiger partial charge is 0.271 e. The maximum absolute atomic E-state index is 12.7. The molecule has 4 rings (SSSR count). The van der Waals surface area contributed by atoms with Gasteiger partial charge in [-0.1, -0.05) is 0 Å². The zero-order chi connectivity index (χ0) is 20.2. The van der Waals surface area contributed by atoms with Gasteiger partial charge in [0.2, 0.25) is 5.91 Å². The Kier molecular flexibility index (Phi) is 6.40. The number of morpholine rings is 1. The summed E-state index contributed by atoms with van der Waals surface area (Å²) in [5.41, 5.74) is 1.14. The molecule has 2 saturated heterocycles. The Labute approximate surface area is 172 Å². The molecule has 3 heterocycles. The van der Waals surface area contributed by atoms with Gasteiger partial charge in [0.1, 0.15) is 5.69 Å². The van der Waals surface area contributed by atoms with E-state index in [9.17, 15) is 9.59 Å². The third-order valence-electron chi connectivity index (χ3n) is 6.22. The Morgan fingerprint density at radius 1 is 1.10 bits per heavy atom. The molecule has 0 spiro atoms. The maximum Gasteiger partial charge on any atom is 0.271 e. The second-order valence-electron chi connectivity index (χ2n) is 8.48. The molecular weight excluding hydrogens is 370 g/mol. The van der Waals surface area contributed by atoms with Gasteiger partial charge in [0.05, 0.1) is 25.1 Å². The van der Waals surface area contributed by atoms with Gasteiger partial charge in [-0.3, -0.25) is 19.5 Å². The minimum Gasteiger partial charge on any atom is -0.378 e. The van der Waals surface area contributed by atoms with Gasteiger partial charge in [0.25, 0.3) is 5.91 Å². The van der Waals surface area contributed by atoms with Crippen LogP contribution in [-0.4, -0.2) is 83.1 Å². The molecule has 158 valence electrons. The standard InChI is InChI=1S/C21H31N5O3/c1-15-11-23-19(13-22-15)21(28)24-12-18-5-4-17(26(18)14-16-2-3-16)10-20(27)25-6-8-29-9-7-25/h11,13,16-18H,2-10,12,14H2,1H3,(H,24,28)/t17-,18+/m1/s1. The molecule has 1 aromatic rings. The summed E-state index contributed by atoms with van der Waals surface area (Å²) >= 11 is 0. The minimum absolute atomic E-state index is 0.184. The van der Waals surface area contributed by atoms with Crippen LogP contribution in [0.1, 0.15) is 48.3 Å². The van der Waals surface area contributed by atoms with Crippen molar-refractivity contribution >= 4 is 11.8 Å². The fourth-order valence-electron chi connectivity index (χ4n) is 4.30. The summed E-state index contributed by atoms with van der Waals surface area (Å²) in [6, 6.07) is 0.549. The topological polar surface area (TPSA) is 87.7 Å². The lowest BCUT2D eigenvalue weighted by atomic mass is 10.1. The van der Waals surface area contributed by atoms with Crippen LogP contribution in [0.4, 0.5) is 0 Å². The monoisotopic (exact) mass is 401 g/mol. The van der Waals surface area contributed by atoms with Crippen molar-refractivity contribution in [2.75, 3.05) is 39.4 Å². The molecule has 0 bridgehead atoms. The van der Waals surface area contributed by atoms with Gasteiger partial charge < -0.3 is 15.0 Å². The van der Waals surface area contributed by atoms with Crippen molar-refractivity contribution in [3.63, 3.8) is 0 Å². The minimum atomic E-state index is -0.184. The van der Waals surface area contributed by atoms with Gasteiger partial charge in [0, 0.05) is 50.9 Å². The lowest BCUT2D eigenvalue weighted by molar-refractivity contribution is -0.136. The van der Waals surface area contributed by atoms with Gasteiger partial charge in [0.15, 0.2) is 0 Å². The first-order valence-electron chi connectivity index (χ1n) is 10.8. The summed E-state index contributed by atoms with van der Waals surface area (Å²) < 4.78 is 5.36. The van der Waals surface area contributed by atoms with Crippen molar-refractivity contribution in [1.82, 2.24) is 25.1 Å². The predicted octanol–water partition coefficient (Wildman–Crippen LogP) is 1.01. The number of likely N-dealkylation sites (tertiary alicyclic amines) is 1. The van der Waals surface area contributed by atoms with Crippen LogP contribution < -0.4 is 5.32 Å². The van der Waals surface area contributed by atoms with Crippen LogP contribution in [0.25, 0.3) is 0 Å². The second kappa shape index (κ2) is 9.17. The molecule has 1 N–H and O–H groups in total. The summed E-state index contributed by atoms with van der Waals surface area (Å²) in [5.74, 6) is 0.797. The largest absolute Gasteiger partial charge is 0.378 e. The number of carbonyl (C=O) groups is 2. The number of aromatic nitrogens is 2. The van der Waals surface area contributed by atoms with E-state index in [-0.39, 0.29) is 23.9 Å².